The molecule has 1 unspecified atom stereocenters. The minimum absolute atomic E-state index is 0.457. The Morgan fingerprint density at radius 1 is 1.47 bits per heavy atom. The van der Waals surface area contributed by atoms with Crippen LogP contribution in [-0.2, 0) is 12.4 Å². The first kappa shape index (κ1) is 12.9. The van der Waals surface area contributed by atoms with E-state index in [0.29, 0.717) is 11.8 Å². The minimum atomic E-state index is 0.457. The van der Waals surface area contributed by atoms with Gasteiger partial charge in [0.1, 0.15) is 11.3 Å². The van der Waals surface area contributed by atoms with E-state index < -0.39 is 0 Å². The van der Waals surface area contributed by atoms with E-state index in [4.69, 9.17) is 11.6 Å². The molecule has 3 heterocycles. The molecule has 0 saturated carbocycles. The van der Waals surface area contributed by atoms with E-state index in [0.717, 1.165) is 29.9 Å². The second-order valence-electron chi connectivity index (χ2n) is 5.18. The molecule has 0 spiro atoms. The zero-order valence-corrected chi connectivity index (χ0v) is 12.0. The Hall–Kier alpha value is -1.13. The van der Waals surface area contributed by atoms with Gasteiger partial charge in [0.2, 0.25) is 0 Å². The number of nitrogens with zero attached hydrogens (tertiary/aromatic N) is 4. The van der Waals surface area contributed by atoms with Crippen LogP contribution in [0.2, 0.25) is 0 Å². The SMILES string of the molecule is CCN1CCC(Cn2c(CCl)nc3cnccc32)C1. The van der Waals surface area contributed by atoms with Crippen LogP contribution in [0, 0.1) is 5.92 Å². The number of pyridine rings is 1. The number of aromatic nitrogens is 3. The average molecular weight is 279 g/mol. The van der Waals surface area contributed by atoms with Crippen molar-refractivity contribution in [1.82, 2.24) is 19.4 Å². The first-order valence-electron chi connectivity index (χ1n) is 6.89. The lowest BCUT2D eigenvalue weighted by molar-refractivity contribution is 0.333. The number of hydrogen-bond acceptors (Lipinski definition) is 3. The van der Waals surface area contributed by atoms with Crippen LogP contribution in [0.25, 0.3) is 11.0 Å². The number of fused-ring (bicyclic) bond motifs is 1. The molecule has 102 valence electrons. The normalized spacial score (nSPS) is 20.4. The first-order chi connectivity index (χ1) is 9.31. The summed E-state index contributed by atoms with van der Waals surface area (Å²) >= 11 is 6.03. The van der Waals surface area contributed by atoms with Crippen molar-refractivity contribution in [2.45, 2.75) is 25.8 Å². The molecule has 1 fully saturated rings. The fourth-order valence-electron chi connectivity index (χ4n) is 2.94. The molecule has 1 atom stereocenters. The number of rotatable bonds is 4. The molecular weight excluding hydrogens is 260 g/mol. The Labute approximate surface area is 118 Å². The Balaban J connectivity index is 1.87. The van der Waals surface area contributed by atoms with Crippen LogP contribution in [0.3, 0.4) is 0 Å². The number of alkyl halides is 1. The van der Waals surface area contributed by atoms with Gasteiger partial charge in [0, 0.05) is 19.3 Å². The number of halogens is 1. The molecule has 19 heavy (non-hydrogen) atoms. The maximum Gasteiger partial charge on any atom is 0.124 e. The molecule has 3 rings (SSSR count). The highest BCUT2D eigenvalue weighted by Gasteiger charge is 2.23. The van der Waals surface area contributed by atoms with Crippen LogP contribution in [0.5, 0.6) is 0 Å². The second-order valence-corrected chi connectivity index (χ2v) is 5.45. The molecule has 5 heteroatoms. The monoisotopic (exact) mass is 278 g/mol. The molecule has 0 aliphatic carbocycles. The third-order valence-corrected chi connectivity index (χ3v) is 4.25. The van der Waals surface area contributed by atoms with Gasteiger partial charge in [-0.1, -0.05) is 6.92 Å². The van der Waals surface area contributed by atoms with Gasteiger partial charge in [0.25, 0.3) is 0 Å². The van der Waals surface area contributed by atoms with Crippen LogP contribution in [0.4, 0.5) is 0 Å². The summed E-state index contributed by atoms with van der Waals surface area (Å²) in [6.07, 6.45) is 4.90. The van der Waals surface area contributed by atoms with Gasteiger partial charge in [-0.2, -0.15) is 0 Å². The third-order valence-electron chi connectivity index (χ3n) is 4.01. The fraction of sp³-hybridized carbons (Fsp3) is 0.571. The van der Waals surface area contributed by atoms with Gasteiger partial charge in [-0.25, -0.2) is 4.98 Å². The summed E-state index contributed by atoms with van der Waals surface area (Å²) in [4.78, 5) is 11.2. The first-order valence-corrected chi connectivity index (χ1v) is 7.42. The van der Waals surface area contributed by atoms with E-state index in [1.807, 2.05) is 18.5 Å². The second kappa shape index (κ2) is 5.47. The Bertz CT molecular complexity index is 566. The highest BCUT2D eigenvalue weighted by molar-refractivity contribution is 6.16. The lowest BCUT2D eigenvalue weighted by atomic mass is 10.1. The molecule has 0 aromatic carbocycles. The van der Waals surface area contributed by atoms with Crippen molar-refractivity contribution >= 4 is 22.6 Å². The van der Waals surface area contributed by atoms with Gasteiger partial charge >= 0.3 is 0 Å². The molecule has 1 saturated heterocycles. The summed E-state index contributed by atoms with van der Waals surface area (Å²) in [7, 11) is 0. The molecule has 4 nitrogen and oxygen atoms in total. The highest BCUT2D eigenvalue weighted by atomic mass is 35.5. The molecule has 0 amide bonds. The zero-order valence-electron chi connectivity index (χ0n) is 11.2. The lowest BCUT2D eigenvalue weighted by Crippen LogP contribution is -2.21. The highest BCUT2D eigenvalue weighted by Crippen LogP contribution is 2.23. The summed E-state index contributed by atoms with van der Waals surface area (Å²) in [5.74, 6) is 2.12. The molecule has 2 aromatic rings. The van der Waals surface area contributed by atoms with Crippen LogP contribution in [0.1, 0.15) is 19.2 Å². The van der Waals surface area contributed by atoms with Gasteiger partial charge in [0.05, 0.1) is 17.6 Å². The predicted octanol–water partition coefficient (Wildman–Crippen LogP) is 2.51. The quantitative estimate of drug-likeness (QED) is 0.806. The van der Waals surface area contributed by atoms with Crippen LogP contribution >= 0.6 is 11.6 Å². The number of imidazole rings is 1. The maximum atomic E-state index is 6.03. The summed E-state index contributed by atoms with van der Waals surface area (Å²) in [5, 5.41) is 0. The molecule has 2 aromatic heterocycles. The van der Waals surface area contributed by atoms with E-state index in [1.54, 1.807) is 0 Å². The topological polar surface area (TPSA) is 34.0 Å². The summed E-state index contributed by atoms with van der Waals surface area (Å²) < 4.78 is 2.27. The van der Waals surface area contributed by atoms with E-state index in [9.17, 15) is 0 Å². The van der Waals surface area contributed by atoms with Gasteiger partial charge in [-0.05, 0) is 31.5 Å². The molecular formula is C14H19ClN4. The van der Waals surface area contributed by atoms with Crippen molar-refractivity contribution < 1.29 is 0 Å². The Morgan fingerprint density at radius 2 is 2.37 bits per heavy atom. The van der Waals surface area contributed by atoms with E-state index >= 15 is 0 Å². The summed E-state index contributed by atoms with van der Waals surface area (Å²) in [6.45, 7) is 6.78. The Morgan fingerprint density at radius 3 is 3.11 bits per heavy atom. The van der Waals surface area contributed by atoms with Crippen molar-refractivity contribution in [3.63, 3.8) is 0 Å². The van der Waals surface area contributed by atoms with E-state index in [2.05, 4.69) is 26.4 Å². The summed E-state index contributed by atoms with van der Waals surface area (Å²) in [5.41, 5.74) is 2.10. The van der Waals surface area contributed by atoms with Gasteiger partial charge < -0.3 is 9.47 Å². The van der Waals surface area contributed by atoms with E-state index in [-0.39, 0.29) is 0 Å². The van der Waals surface area contributed by atoms with Gasteiger partial charge in [0.15, 0.2) is 0 Å². The number of likely N-dealkylation sites (tertiary alicyclic amines) is 1. The average Bonchev–Trinajstić information content (AvgIpc) is 3.04. The van der Waals surface area contributed by atoms with Crippen molar-refractivity contribution in [3.8, 4) is 0 Å². The molecule has 1 aliphatic rings. The van der Waals surface area contributed by atoms with Crippen molar-refractivity contribution in [1.29, 1.82) is 0 Å². The van der Waals surface area contributed by atoms with Crippen molar-refractivity contribution in [3.05, 3.63) is 24.3 Å². The lowest BCUT2D eigenvalue weighted by Gasteiger charge is -2.15. The molecule has 0 N–H and O–H groups in total. The van der Waals surface area contributed by atoms with Gasteiger partial charge in [-0.3, -0.25) is 4.98 Å². The maximum absolute atomic E-state index is 6.03. The smallest absolute Gasteiger partial charge is 0.124 e. The predicted molar refractivity (Wildman–Crippen MR) is 77.3 cm³/mol. The Kier molecular flexibility index (Phi) is 3.71. The summed E-state index contributed by atoms with van der Waals surface area (Å²) in [6, 6.07) is 2.03. The minimum Gasteiger partial charge on any atom is -0.327 e. The standard InChI is InChI=1S/C14H19ClN4/c1-2-18-6-4-11(9-18)10-19-13-3-5-16-8-12(13)17-14(19)7-15/h3,5,8,11H,2,4,6-7,9-10H2,1H3. The molecule has 0 radical (unpaired) electrons. The fourth-order valence-corrected chi connectivity index (χ4v) is 3.15. The largest absolute Gasteiger partial charge is 0.327 e. The van der Waals surface area contributed by atoms with Gasteiger partial charge in [-0.15, -0.1) is 11.6 Å². The van der Waals surface area contributed by atoms with Crippen LogP contribution in [0.15, 0.2) is 18.5 Å². The van der Waals surface area contributed by atoms with Crippen molar-refractivity contribution in [2.75, 3.05) is 19.6 Å². The number of hydrogen-bond donors (Lipinski definition) is 0. The van der Waals surface area contributed by atoms with Crippen LogP contribution in [-0.4, -0.2) is 39.1 Å². The third kappa shape index (κ3) is 2.47. The zero-order chi connectivity index (χ0) is 13.2. The molecule has 0 bridgehead atoms. The molecule has 1 aliphatic heterocycles. The van der Waals surface area contributed by atoms with Crippen molar-refractivity contribution in [2.24, 2.45) is 5.92 Å². The van der Waals surface area contributed by atoms with E-state index in [1.165, 1.54) is 19.5 Å². The van der Waals surface area contributed by atoms with Crippen LogP contribution < -0.4 is 0 Å².